The smallest absolute Gasteiger partial charge is 0.332 e. The van der Waals surface area contributed by atoms with E-state index in [1.165, 1.54) is 10.2 Å². The Morgan fingerprint density at radius 3 is 2.63 bits per heavy atom. The zero-order chi connectivity index (χ0) is 20.7. The number of aromatic nitrogens is 3. The summed E-state index contributed by atoms with van der Waals surface area (Å²) in [6, 6.07) is 9.63. The Bertz CT molecular complexity index is 1170. The van der Waals surface area contributed by atoms with E-state index < -0.39 is 11.1 Å². The van der Waals surface area contributed by atoms with Crippen LogP contribution in [0.2, 0.25) is 0 Å². The summed E-state index contributed by atoms with van der Waals surface area (Å²) in [7, 11) is 1.61. The first kappa shape index (κ1) is 19.3. The van der Waals surface area contributed by atoms with Gasteiger partial charge >= 0.3 is 11.1 Å². The van der Waals surface area contributed by atoms with Gasteiger partial charge in [0.15, 0.2) is 0 Å². The molecular formula is C22H24N4O3S. The van der Waals surface area contributed by atoms with Crippen molar-refractivity contribution >= 4 is 11.3 Å². The fourth-order valence-electron chi connectivity index (χ4n) is 4.69. The van der Waals surface area contributed by atoms with Crippen LogP contribution in [0.3, 0.4) is 0 Å². The van der Waals surface area contributed by atoms with Crippen LogP contribution in [-0.2, 0) is 26.1 Å². The van der Waals surface area contributed by atoms with Gasteiger partial charge in [-0.2, -0.15) is 16.4 Å². The van der Waals surface area contributed by atoms with Crippen molar-refractivity contribution in [2.45, 2.75) is 32.5 Å². The van der Waals surface area contributed by atoms with E-state index in [9.17, 15) is 9.59 Å². The van der Waals surface area contributed by atoms with Crippen molar-refractivity contribution in [3.63, 3.8) is 0 Å². The van der Waals surface area contributed by atoms with Gasteiger partial charge in [0.05, 0.1) is 13.7 Å². The minimum absolute atomic E-state index is 0.000911. The molecule has 0 saturated carbocycles. The lowest BCUT2D eigenvalue weighted by atomic mass is 9.86. The van der Waals surface area contributed by atoms with E-state index in [1.54, 1.807) is 23.0 Å². The average Bonchev–Trinajstić information content (AvgIpc) is 3.48. The van der Waals surface area contributed by atoms with Crippen LogP contribution in [0.15, 0.2) is 50.7 Å². The summed E-state index contributed by atoms with van der Waals surface area (Å²) in [5.74, 6) is 1.48. The third-order valence-corrected chi connectivity index (χ3v) is 6.96. The first-order chi connectivity index (χ1) is 14.5. The molecule has 8 heteroatoms. The summed E-state index contributed by atoms with van der Waals surface area (Å²) in [4.78, 5) is 27.9. The molecular weight excluding hydrogens is 400 g/mol. The summed E-state index contributed by atoms with van der Waals surface area (Å²) in [6.07, 6.45) is 1.76. The number of ether oxygens (including phenoxy) is 1. The fourth-order valence-corrected chi connectivity index (χ4v) is 5.35. The SMILES string of the molecule is COc1ccc(Cn2nc3n(c(=O)c2=O)C[C@@]2(CCN(Cc4ccsc4)C2)C3)cc1. The number of nitrogens with zero attached hydrogens (tertiary/aromatic N) is 4. The number of hydrogen-bond acceptors (Lipinski definition) is 6. The summed E-state index contributed by atoms with van der Waals surface area (Å²) < 4.78 is 8.10. The van der Waals surface area contributed by atoms with Gasteiger partial charge in [0.25, 0.3) is 0 Å². The van der Waals surface area contributed by atoms with Gasteiger partial charge in [-0.1, -0.05) is 12.1 Å². The predicted molar refractivity (Wildman–Crippen MR) is 115 cm³/mol. The van der Waals surface area contributed by atoms with Crippen LogP contribution < -0.4 is 15.9 Å². The minimum Gasteiger partial charge on any atom is -0.497 e. The molecule has 30 heavy (non-hydrogen) atoms. The Labute approximate surface area is 178 Å². The highest BCUT2D eigenvalue weighted by atomic mass is 32.1. The first-order valence-electron chi connectivity index (χ1n) is 10.1. The van der Waals surface area contributed by atoms with E-state index in [4.69, 9.17) is 4.74 Å². The van der Waals surface area contributed by atoms with Gasteiger partial charge in [-0.15, -0.1) is 0 Å². The molecule has 0 unspecified atom stereocenters. The molecule has 2 aliphatic heterocycles. The monoisotopic (exact) mass is 424 g/mol. The van der Waals surface area contributed by atoms with Crippen molar-refractivity contribution in [2.24, 2.45) is 5.41 Å². The zero-order valence-electron chi connectivity index (χ0n) is 16.9. The minimum atomic E-state index is -0.556. The van der Waals surface area contributed by atoms with Gasteiger partial charge in [-0.3, -0.25) is 19.1 Å². The van der Waals surface area contributed by atoms with E-state index >= 15 is 0 Å². The van der Waals surface area contributed by atoms with Gasteiger partial charge in [-0.05, 0) is 53.1 Å². The van der Waals surface area contributed by atoms with E-state index in [2.05, 4.69) is 26.8 Å². The molecule has 1 aromatic carbocycles. The number of rotatable bonds is 5. The van der Waals surface area contributed by atoms with E-state index in [-0.39, 0.29) is 12.0 Å². The second-order valence-electron chi connectivity index (χ2n) is 8.39. The van der Waals surface area contributed by atoms with Crippen LogP contribution in [0.4, 0.5) is 0 Å². The first-order valence-corrected chi connectivity index (χ1v) is 11.1. The molecule has 0 bridgehead atoms. The van der Waals surface area contributed by atoms with Gasteiger partial charge in [0.2, 0.25) is 0 Å². The molecule has 1 fully saturated rings. The van der Waals surface area contributed by atoms with Crippen LogP contribution >= 0.6 is 11.3 Å². The van der Waals surface area contributed by atoms with Crippen molar-refractivity contribution in [1.29, 1.82) is 0 Å². The quantitative estimate of drug-likeness (QED) is 0.586. The molecule has 3 aromatic rings. The number of hydrogen-bond donors (Lipinski definition) is 0. The molecule has 0 amide bonds. The van der Waals surface area contributed by atoms with Crippen LogP contribution in [0.1, 0.15) is 23.4 Å². The topological polar surface area (TPSA) is 69.4 Å². The predicted octanol–water partition coefficient (Wildman–Crippen LogP) is 1.97. The van der Waals surface area contributed by atoms with Gasteiger partial charge < -0.3 is 4.74 Å². The fraction of sp³-hybridized carbons (Fsp3) is 0.409. The molecule has 5 rings (SSSR count). The second-order valence-corrected chi connectivity index (χ2v) is 9.17. The number of benzene rings is 1. The molecule has 0 aliphatic carbocycles. The molecule has 0 radical (unpaired) electrons. The van der Waals surface area contributed by atoms with Crippen LogP contribution in [0.5, 0.6) is 5.75 Å². The maximum Gasteiger partial charge on any atom is 0.332 e. The Balaban J connectivity index is 1.36. The lowest BCUT2D eigenvalue weighted by Gasteiger charge is -2.22. The Morgan fingerprint density at radius 2 is 1.90 bits per heavy atom. The number of likely N-dealkylation sites (tertiary alicyclic amines) is 1. The van der Waals surface area contributed by atoms with E-state index in [1.807, 2.05) is 24.3 Å². The van der Waals surface area contributed by atoms with Gasteiger partial charge in [0, 0.05) is 31.5 Å². The van der Waals surface area contributed by atoms with E-state index in [0.29, 0.717) is 6.54 Å². The highest BCUT2D eigenvalue weighted by molar-refractivity contribution is 7.07. The molecule has 0 N–H and O–H groups in total. The van der Waals surface area contributed by atoms with Crippen molar-refractivity contribution in [1.82, 2.24) is 19.2 Å². The molecule has 7 nitrogen and oxygen atoms in total. The van der Waals surface area contributed by atoms with Crippen LogP contribution in [0, 0.1) is 5.41 Å². The highest BCUT2D eigenvalue weighted by Gasteiger charge is 2.44. The van der Waals surface area contributed by atoms with Crippen molar-refractivity contribution in [3.05, 3.63) is 78.8 Å². The Kier molecular flexibility index (Phi) is 4.83. The molecule has 1 saturated heterocycles. The highest BCUT2D eigenvalue weighted by Crippen LogP contribution is 2.39. The normalized spacial score (nSPS) is 20.7. The lowest BCUT2D eigenvalue weighted by Crippen LogP contribution is -2.43. The summed E-state index contributed by atoms with van der Waals surface area (Å²) in [5.41, 5.74) is 1.23. The van der Waals surface area contributed by atoms with Crippen molar-refractivity contribution < 1.29 is 4.74 Å². The number of fused-ring (bicyclic) bond motifs is 1. The maximum atomic E-state index is 12.8. The van der Waals surface area contributed by atoms with Gasteiger partial charge in [-0.25, -0.2) is 4.68 Å². The molecule has 2 aromatic heterocycles. The van der Waals surface area contributed by atoms with Crippen molar-refractivity contribution in [3.8, 4) is 5.75 Å². The van der Waals surface area contributed by atoms with E-state index in [0.717, 1.165) is 49.6 Å². The summed E-state index contributed by atoms with van der Waals surface area (Å²) in [6.45, 7) is 3.75. The summed E-state index contributed by atoms with van der Waals surface area (Å²) in [5, 5.41) is 8.88. The average molecular weight is 425 g/mol. The molecule has 2 aliphatic rings. The number of methoxy groups -OCH3 is 1. The number of thiophene rings is 1. The third-order valence-electron chi connectivity index (χ3n) is 6.23. The second kappa shape index (κ2) is 7.52. The molecule has 1 spiro atoms. The molecule has 4 heterocycles. The van der Waals surface area contributed by atoms with Crippen molar-refractivity contribution in [2.75, 3.05) is 20.2 Å². The molecule has 156 valence electrons. The Morgan fingerprint density at radius 1 is 1.07 bits per heavy atom. The largest absolute Gasteiger partial charge is 0.497 e. The molecule has 1 atom stereocenters. The zero-order valence-corrected chi connectivity index (χ0v) is 17.7. The maximum absolute atomic E-state index is 12.8. The standard InChI is InChI=1S/C22H24N4O3S/c1-29-18-4-2-16(3-5-18)12-26-21(28)20(27)25-15-22(10-19(25)23-26)7-8-24(14-22)11-17-6-9-30-13-17/h2-6,9,13H,7-8,10-12,14-15H2,1H3/t22-/m0/s1. The van der Waals surface area contributed by atoms with Gasteiger partial charge in [0.1, 0.15) is 11.6 Å². The van der Waals surface area contributed by atoms with Crippen LogP contribution in [-0.4, -0.2) is 39.4 Å². The third kappa shape index (κ3) is 3.50. The summed E-state index contributed by atoms with van der Waals surface area (Å²) >= 11 is 1.72. The lowest BCUT2D eigenvalue weighted by molar-refractivity contribution is 0.246. The van der Waals surface area contributed by atoms with Crippen LogP contribution in [0.25, 0.3) is 0 Å². The Hall–Kier alpha value is -2.71.